The van der Waals surface area contributed by atoms with E-state index in [0.717, 1.165) is 23.3 Å². The molecule has 25 heavy (non-hydrogen) atoms. The van der Waals surface area contributed by atoms with Crippen molar-refractivity contribution in [3.8, 4) is 0 Å². The standard InChI is InChI=1S/C23H34ClN/c1-10-13-14-20(21(24)12-3)19(11-2)15-17(4)18(5)16-22(25-9)23(6,7)8/h11-16H,3,10H2,1-2,4-9H3/b14-13-,17-15+,18-16+,19-11+,21-20-,25-22+. The highest BCUT2D eigenvalue weighted by molar-refractivity contribution is 6.32. The zero-order valence-electron chi connectivity index (χ0n) is 17.2. The van der Waals surface area contributed by atoms with Gasteiger partial charge >= 0.3 is 0 Å². The molecule has 0 saturated heterocycles. The summed E-state index contributed by atoms with van der Waals surface area (Å²) >= 11 is 6.38. The molecule has 0 bridgehead atoms. The van der Waals surface area contributed by atoms with Crippen LogP contribution in [0, 0.1) is 5.41 Å². The van der Waals surface area contributed by atoms with Crippen LogP contribution in [0.25, 0.3) is 0 Å². The van der Waals surface area contributed by atoms with Crippen LogP contribution in [0.3, 0.4) is 0 Å². The molecule has 0 aromatic carbocycles. The summed E-state index contributed by atoms with van der Waals surface area (Å²) in [6.45, 7) is 18.7. The summed E-state index contributed by atoms with van der Waals surface area (Å²) in [5.74, 6) is 0. The Balaban J connectivity index is 5.95. The van der Waals surface area contributed by atoms with E-state index < -0.39 is 0 Å². The molecule has 0 spiro atoms. The van der Waals surface area contributed by atoms with Crippen LogP contribution >= 0.6 is 11.6 Å². The Kier molecular flexibility index (Phi) is 10.4. The van der Waals surface area contributed by atoms with Gasteiger partial charge in [-0.15, -0.1) is 0 Å². The van der Waals surface area contributed by atoms with Crippen molar-refractivity contribution in [2.24, 2.45) is 10.4 Å². The van der Waals surface area contributed by atoms with Crippen LogP contribution in [0.15, 0.2) is 75.4 Å². The summed E-state index contributed by atoms with van der Waals surface area (Å²) in [5, 5.41) is 0.661. The Morgan fingerprint density at radius 2 is 1.68 bits per heavy atom. The summed E-state index contributed by atoms with van der Waals surface area (Å²) in [6, 6.07) is 0. The Labute approximate surface area is 160 Å². The van der Waals surface area contributed by atoms with Crippen molar-refractivity contribution in [3.05, 3.63) is 70.4 Å². The maximum Gasteiger partial charge on any atom is 0.0478 e. The van der Waals surface area contributed by atoms with Crippen LogP contribution < -0.4 is 0 Å². The summed E-state index contributed by atoms with van der Waals surface area (Å²) in [4.78, 5) is 4.44. The van der Waals surface area contributed by atoms with Crippen LogP contribution in [0.2, 0.25) is 0 Å². The number of halogens is 1. The van der Waals surface area contributed by atoms with E-state index in [9.17, 15) is 0 Å². The fraction of sp³-hybridized carbons (Fsp3) is 0.435. The monoisotopic (exact) mass is 359 g/mol. The minimum atomic E-state index is 0.0286. The molecule has 0 unspecified atom stereocenters. The molecule has 0 heterocycles. The van der Waals surface area contributed by atoms with Crippen LogP contribution in [-0.2, 0) is 0 Å². The molecule has 0 saturated carbocycles. The third-order valence-corrected chi connectivity index (χ3v) is 4.29. The maximum atomic E-state index is 6.38. The molecular weight excluding hydrogens is 326 g/mol. The lowest BCUT2D eigenvalue weighted by Gasteiger charge is -2.19. The van der Waals surface area contributed by atoms with Gasteiger partial charge in [0.25, 0.3) is 0 Å². The minimum absolute atomic E-state index is 0.0286. The zero-order chi connectivity index (χ0) is 19.6. The van der Waals surface area contributed by atoms with Crippen molar-refractivity contribution in [2.75, 3.05) is 7.05 Å². The predicted octanol–water partition coefficient (Wildman–Crippen LogP) is 7.59. The van der Waals surface area contributed by atoms with Gasteiger partial charge in [0.15, 0.2) is 0 Å². The second-order valence-electron chi connectivity index (χ2n) is 7.03. The quantitative estimate of drug-likeness (QED) is 0.328. The van der Waals surface area contributed by atoms with E-state index in [1.165, 1.54) is 11.1 Å². The first-order valence-electron chi connectivity index (χ1n) is 8.81. The van der Waals surface area contributed by atoms with Gasteiger partial charge in [-0.05, 0) is 55.6 Å². The SMILES string of the molecule is C=C/C(Cl)=C(\C=C/CC)C(=C/C)/C=C(C)/C(C)=C/C(=N\C)C(C)(C)C. The minimum Gasteiger partial charge on any atom is -0.293 e. The largest absolute Gasteiger partial charge is 0.293 e. The van der Waals surface area contributed by atoms with Crippen LogP contribution in [0.1, 0.15) is 54.9 Å². The first-order valence-corrected chi connectivity index (χ1v) is 9.19. The number of nitrogens with zero attached hydrogens (tertiary/aromatic N) is 1. The van der Waals surface area contributed by atoms with Crippen LogP contribution in [0.5, 0.6) is 0 Å². The molecule has 0 atom stereocenters. The average Bonchev–Trinajstić information content (AvgIpc) is 2.56. The smallest absolute Gasteiger partial charge is 0.0478 e. The molecule has 0 aliphatic carbocycles. The molecule has 0 rings (SSSR count). The normalized spacial score (nSPS) is 16.4. The summed E-state index contributed by atoms with van der Waals surface area (Å²) < 4.78 is 0. The Bertz CT molecular complexity index is 644. The molecule has 2 heteroatoms. The molecule has 0 amide bonds. The van der Waals surface area contributed by atoms with Gasteiger partial charge in [0.1, 0.15) is 0 Å². The van der Waals surface area contributed by atoms with Crippen molar-refractivity contribution in [3.63, 3.8) is 0 Å². The predicted molar refractivity (Wildman–Crippen MR) is 117 cm³/mol. The number of aliphatic imine (C=N–C) groups is 1. The van der Waals surface area contributed by atoms with E-state index in [1.807, 2.05) is 14.0 Å². The Morgan fingerprint density at radius 1 is 1.12 bits per heavy atom. The first kappa shape index (κ1) is 23.4. The summed E-state index contributed by atoms with van der Waals surface area (Å²) in [7, 11) is 1.85. The second kappa shape index (κ2) is 11.1. The highest BCUT2D eigenvalue weighted by atomic mass is 35.5. The lowest BCUT2D eigenvalue weighted by molar-refractivity contribution is 0.593. The molecular formula is C23H34ClN. The van der Waals surface area contributed by atoms with Gasteiger partial charge in [0, 0.05) is 23.2 Å². The van der Waals surface area contributed by atoms with Gasteiger partial charge in [-0.1, -0.05) is 76.3 Å². The number of allylic oxidation sites excluding steroid dienone is 11. The second-order valence-corrected chi connectivity index (χ2v) is 7.44. The molecule has 0 N–H and O–H groups in total. The zero-order valence-corrected chi connectivity index (χ0v) is 18.0. The average molecular weight is 360 g/mol. The fourth-order valence-corrected chi connectivity index (χ4v) is 2.43. The van der Waals surface area contributed by atoms with Crippen molar-refractivity contribution in [1.82, 2.24) is 0 Å². The number of rotatable bonds is 7. The molecule has 0 aliphatic rings. The Morgan fingerprint density at radius 3 is 2.08 bits per heavy atom. The van der Waals surface area contributed by atoms with Gasteiger partial charge in [-0.25, -0.2) is 0 Å². The van der Waals surface area contributed by atoms with Crippen LogP contribution in [-0.4, -0.2) is 12.8 Å². The van der Waals surface area contributed by atoms with Crippen molar-refractivity contribution in [1.29, 1.82) is 0 Å². The Hall–Kier alpha value is -1.60. The van der Waals surface area contributed by atoms with Crippen molar-refractivity contribution >= 4 is 17.3 Å². The molecule has 0 fully saturated rings. The molecule has 138 valence electrons. The molecule has 0 aliphatic heterocycles. The third-order valence-electron chi connectivity index (χ3n) is 3.94. The summed E-state index contributed by atoms with van der Waals surface area (Å²) in [5.41, 5.74) is 5.59. The third kappa shape index (κ3) is 7.88. The highest BCUT2D eigenvalue weighted by Crippen LogP contribution is 2.25. The summed E-state index contributed by atoms with van der Waals surface area (Å²) in [6.07, 6.45) is 13.2. The maximum absolute atomic E-state index is 6.38. The van der Waals surface area contributed by atoms with E-state index >= 15 is 0 Å². The van der Waals surface area contributed by atoms with Gasteiger partial charge in [-0.3, -0.25) is 4.99 Å². The lowest BCUT2D eigenvalue weighted by atomic mass is 9.87. The highest BCUT2D eigenvalue weighted by Gasteiger charge is 2.16. The lowest BCUT2D eigenvalue weighted by Crippen LogP contribution is -2.18. The van der Waals surface area contributed by atoms with E-state index in [1.54, 1.807) is 6.08 Å². The molecule has 0 radical (unpaired) electrons. The van der Waals surface area contributed by atoms with Gasteiger partial charge < -0.3 is 0 Å². The topological polar surface area (TPSA) is 12.4 Å². The number of hydrogen-bond acceptors (Lipinski definition) is 1. The van der Waals surface area contributed by atoms with Gasteiger partial charge in [0.2, 0.25) is 0 Å². The molecule has 1 nitrogen and oxygen atoms in total. The fourth-order valence-electron chi connectivity index (χ4n) is 2.26. The van der Waals surface area contributed by atoms with E-state index in [2.05, 4.69) is 83.5 Å². The van der Waals surface area contributed by atoms with Crippen molar-refractivity contribution in [2.45, 2.75) is 54.9 Å². The van der Waals surface area contributed by atoms with Gasteiger partial charge in [0.05, 0.1) is 0 Å². The van der Waals surface area contributed by atoms with E-state index in [4.69, 9.17) is 11.6 Å². The molecule has 0 aromatic heterocycles. The van der Waals surface area contributed by atoms with E-state index in [-0.39, 0.29) is 5.41 Å². The van der Waals surface area contributed by atoms with Crippen LogP contribution in [0.4, 0.5) is 0 Å². The van der Waals surface area contributed by atoms with Gasteiger partial charge in [-0.2, -0.15) is 0 Å². The number of hydrogen-bond donors (Lipinski definition) is 0. The molecule has 0 aromatic rings. The van der Waals surface area contributed by atoms with Crippen molar-refractivity contribution < 1.29 is 0 Å². The first-order chi connectivity index (χ1) is 11.6. The van der Waals surface area contributed by atoms with E-state index in [0.29, 0.717) is 5.03 Å².